The van der Waals surface area contributed by atoms with Crippen molar-refractivity contribution < 1.29 is 109 Å². The number of benzene rings is 2. The number of ketones is 4. The highest BCUT2D eigenvalue weighted by Gasteiger charge is 2.45. The van der Waals surface area contributed by atoms with E-state index >= 15 is 0 Å². The van der Waals surface area contributed by atoms with E-state index in [0.717, 1.165) is 63.5 Å². The van der Waals surface area contributed by atoms with Gasteiger partial charge in [0.15, 0.2) is 34.6 Å². The van der Waals surface area contributed by atoms with Crippen molar-refractivity contribution in [3.63, 3.8) is 0 Å². The molecule has 0 aliphatic carbocycles. The van der Waals surface area contributed by atoms with Gasteiger partial charge in [-0.15, -0.1) is 50.5 Å². The maximum absolute atomic E-state index is 12.8. The highest BCUT2D eigenvalue weighted by molar-refractivity contribution is 7.86. The number of rotatable bonds is 20. The normalized spacial score (nSPS) is 14.0. The number of carbonyl (C=O) groups is 4. The van der Waals surface area contributed by atoms with E-state index in [0.29, 0.717) is 86.5 Å². The number of aliphatic imine (C=N–C) groups is 1. The summed E-state index contributed by atoms with van der Waals surface area (Å²) in [5, 5.41) is 0. The number of hydrogen-bond acceptors (Lipinski definition) is 27. The minimum atomic E-state index is -4.31. The van der Waals surface area contributed by atoms with Crippen LogP contribution in [0.15, 0.2) is 53.5 Å². The van der Waals surface area contributed by atoms with Crippen LogP contribution in [0.4, 0.5) is 11.4 Å². The van der Waals surface area contributed by atoms with E-state index in [9.17, 15) is 40.6 Å². The van der Waals surface area contributed by atoms with Gasteiger partial charge in [0.25, 0.3) is 15.8 Å². The lowest BCUT2D eigenvalue weighted by Crippen LogP contribution is -2.27. The number of methoxy groups -OCH3 is 2. The molecular weight excluding hydrogens is 1310 g/mol. The van der Waals surface area contributed by atoms with Crippen molar-refractivity contribution in [2.45, 2.75) is 144 Å². The van der Waals surface area contributed by atoms with E-state index in [1.807, 2.05) is 64.3 Å². The predicted octanol–water partition coefficient (Wildman–Crippen LogP) is 6.88. The molecule has 3 aliphatic rings. The second-order valence-corrected chi connectivity index (χ2v) is 25.6. The van der Waals surface area contributed by atoms with Crippen LogP contribution in [0.1, 0.15) is 187 Å². The van der Waals surface area contributed by atoms with Crippen molar-refractivity contribution in [2.24, 2.45) is 4.99 Å². The number of carbonyl (C=O) groups excluding carboxylic acids is 4. The van der Waals surface area contributed by atoms with Crippen LogP contribution in [0.5, 0.6) is 11.5 Å². The van der Waals surface area contributed by atoms with Crippen LogP contribution in [-0.2, 0) is 77.7 Å². The minimum absolute atomic E-state index is 0.0440. The van der Waals surface area contributed by atoms with E-state index in [1.165, 1.54) is 0 Å². The smallest absolute Gasteiger partial charge is 0.425 e. The van der Waals surface area contributed by atoms with Crippen LogP contribution in [0.3, 0.4) is 0 Å². The summed E-state index contributed by atoms with van der Waals surface area (Å²) in [5.74, 6) is 0.739. The van der Waals surface area contributed by atoms with E-state index < -0.39 is 73.8 Å². The lowest BCUT2D eigenvalue weighted by atomic mass is 9.81. The van der Waals surface area contributed by atoms with Crippen molar-refractivity contribution >= 4 is 109 Å². The summed E-state index contributed by atoms with van der Waals surface area (Å²) in [6.45, 7) is 20.9. The van der Waals surface area contributed by atoms with E-state index in [-0.39, 0.29) is 52.1 Å². The monoisotopic (exact) mass is 1380 g/mol. The molecule has 1 fully saturated rings. The first-order valence-electron chi connectivity index (χ1n) is 27.4. The van der Waals surface area contributed by atoms with Gasteiger partial charge in [0.2, 0.25) is 0 Å². The van der Waals surface area contributed by atoms with Gasteiger partial charge in [0, 0.05) is 61.5 Å². The second-order valence-electron chi connectivity index (χ2n) is 20.6. The van der Waals surface area contributed by atoms with Crippen molar-refractivity contribution in [1.29, 1.82) is 0 Å². The molecule has 0 unspecified atom stereocenters. The summed E-state index contributed by atoms with van der Waals surface area (Å²) in [6, 6.07) is 15.0. The average molecular weight is 1380 g/mol. The Bertz CT molecular complexity index is 3870. The Morgan fingerprint density at radius 2 is 0.922 bits per heavy atom. The fraction of sp³-hybridized carbons (Fsp3) is 0.500. The summed E-state index contributed by atoms with van der Waals surface area (Å²) < 4.78 is 173. The van der Waals surface area contributed by atoms with Crippen molar-refractivity contribution in [3.05, 3.63) is 82.4 Å². The van der Waals surface area contributed by atoms with Crippen molar-refractivity contribution in [3.8, 4) is 33.8 Å². The lowest BCUT2D eigenvalue weighted by Gasteiger charge is -2.21. The van der Waals surface area contributed by atoms with E-state index in [1.54, 1.807) is 38.5 Å². The van der Waals surface area contributed by atoms with Gasteiger partial charge in [-0.1, -0.05) is 41.5 Å². The fourth-order valence-corrected chi connectivity index (χ4v) is 10.4. The van der Waals surface area contributed by atoms with Crippen LogP contribution in [-0.4, -0.2) is 160 Å². The molecule has 3 aliphatic heterocycles. The molecule has 28 nitrogen and oxygen atoms in total. The third-order valence-corrected chi connectivity index (χ3v) is 15.7. The molecule has 1 saturated heterocycles. The maximum Gasteiger partial charge on any atom is 0.425 e. The molecule has 90 heavy (non-hydrogen) atoms. The number of fused-ring (bicyclic) bond motifs is 2. The molecule has 496 valence electrons. The summed E-state index contributed by atoms with van der Waals surface area (Å²) in [6.07, 6.45) is 5.20. The number of hydrogen-bond donors (Lipinski definition) is 0. The van der Waals surface area contributed by atoms with E-state index in [4.69, 9.17) is 65.0 Å². The van der Waals surface area contributed by atoms with Crippen LogP contribution in [0, 0.1) is 0 Å². The number of aromatic nitrogens is 2. The molecule has 0 bridgehead atoms. The largest absolute Gasteiger partial charge is 0.748 e. The molecule has 0 N–H and O–H groups in total. The van der Waals surface area contributed by atoms with Gasteiger partial charge in [-0.3, -0.25) is 28.4 Å². The Morgan fingerprint density at radius 3 is 1.22 bits per heavy atom. The first-order chi connectivity index (χ1) is 41.7. The maximum atomic E-state index is 12.8. The Kier molecular flexibility index (Phi) is 33.3. The first-order valence-corrected chi connectivity index (χ1v) is 34.5. The summed E-state index contributed by atoms with van der Waals surface area (Å²) in [7, 11) is -16.6. The number of ether oxygens (including phenoxy) is 2. The zero-order valence-corrected chi connectivity index (χ0v) is 56.5. The molecule has 5 heterocycles. The number of pyridine rings is 2. The Hall–Kier alpha value is -7.34. The standard InChI is InChI=1S/C28H36N2O6S.C25H30N2O3.C3H6O3S.4O3S/c1-7-10-24(31)22-15-20(16-23(29-22)25(32)11-8-2)19-14-21-27(26(17-19)36-6)30(18(3)28(21,4)5)12-9-13-37(33,34)35;1-7-9-21(28)19-12-17(13-20(27-19)22(29)10-8-2)16-11-18-24(23(14-16)30-6)26-15(3)25(18,4)5;4-7(5)3-1-2-6-7;4*1-4(2)3/h14-17H,7-13H2,1-6H3;11-14H,7-10H2,1-6H3;1-3H2;;;;. The Morgan fingerprint density at radius 1 is 0.578 bits per heavy atom. The molecule has 2 aromatic heterocycles. The fourth-order valence-electron chi connectivity index (χ4n) is 8.96. The van der Waals surface area contributed by atoms with Gasteiger partial charge in [0.1, 0.15) is 40.8 Å². The minimum Gasteiger partial charge on any atom is -0.748 e. The average Bonchev–Trinajstić information content (AvgIpc) is 1.57. The number of nitrogens with zero attached hydrogens (tertiary/aromatic N) is 4. The molecular formula is C56H72N4O24S6. The molecule has 0 saturated carbocycles. The van der Waals surface area contributed by atoms with Crippen molar-refractivity contribution in [1.82, 2.24) is 9.97 Å². The highest BCUT2D eigenvalue weighted by Crippen LogP contribution is 2.49. The van der Waals surface area contributed by atoms with E-state index in [2.05, 4.69) is 47.9 Å². The summed E-state index contributed by atoms with van der Waals surface area (Å²) in [5.41, 5.74) is 9.59. The van der Waals surface area contributed by atoms with Gasteiger partial charge in [0.05, 0.1) is 42.1 Å². The summed E-state index contributed by atoms with van der Waals surface area (Å²) >= 11 is 0. The van der Waals surface area contributed by atoms with Gasteiger partial charge >= 0.3 is 42.4 Å². The van der Waals surface area contributed by atoms with Gasteiger partial charge in [-0.2, -0.15) is 13.0 Å². The van der Waals surface area contributed by atoms with Gasteiger partial charge in [-0.25, -0.2) is 18.4 Å². The second kappa shape index (κ2) is 37.1. The molecule has 0 atom stereocenters. The molecule has 7 rings (SSSR count). The predicted molar refractivity (Wildman–Crippen MR) is 326 cm³/mol. The lowest BCUT2D eigenvalue weighted by molar-refractivity contribution is -0.439. The molecule has 0 radical (unpaired) electrons. The molecule has 2 aromatic carbocycles. The molecule has 34 heteroatoms. The topological polar surface area (TPSA) is 433 Å². The van der Waals surface area contributed by atoms with Crippen LogP contribution >= 0.6 is 0 Å². The van der Waals surface area contributed by atoms with Gasteiger partial charge in [-0.05, 0) is 129 Å². The third kappa shape index (κ3) is 25.9. The molecule has 4 aromatic rings. The van der Waals surface area contributed by atoms with Crippen LogP contribution in [0.25, 0.3) is 22.3 Å². The highest BCUT2D eigenvalue weighted by atomic mass is 32.2. The zero-order valence-electron chi connectivity index (χ0n) is 51.6. The molecule has 0 spiro atoms. The summed E-state index contributed by atoms with van der Waals surface area (Å²) in [4.78, 5) is 64.2. The Labute approximate surface area is 529 Å². The third-order valence-electron chi connectivity index (χ3n) is 13.6. The first kappa shape index (κ1) is 80.7. The van der Waals surface area contributed by atoms with Crippen LogP contribution in [0.2, 0.25) is 0 Å². The quantitative estimate of drug-likeness (QED) is 0.0376. The SMILES string of the molecule is CCCC(=O)c1cc(-c2cc(OC)c3c(c2)C(C)(C)C(C)=N3)cc(C(=O)CCC)n1.CCCC(=O)c1cc(-c2cc(OC)c3c(c2)C(C)(C)C(C)=[N+]3CCCS(=O)(=O)[O-])cc(C(=O)CCC)n1.O=S(=O)=O.O=S(=O)=O.O=S(=O)=O.O=S(=O)=O.O=S1(=O)CCCO1. The van der Waals surface area contributed by atoms with Crippen LogP contribution < -0.4 is 9.47 Å². The van der Waals surface area contributed by atoms with Crippen molar-refractivity contribution in [2.75, 3.05) is 38.9 Å². The van der Waals surface area contributed by atoms with Gasteiger partial charge < -0.3 is 14.0 Å². The number of Topliss-reactive ketones (excluding diaryl/α,β-unsaturated/α-hetero) is 4. The Balaban J connectivity index is 0.000000672. The zero-order chi connectivity index (χ0) is 69.2. The molecule has 0 amide bonds.